The highest BCUT2D eigenvalue weighted by Crippen LogP contribution is 2.23. The summed E-state index contributed by atoms with van der Waals surface area (Å²) in [6.07, 6.45) is 4.80. The first-order valence-electron chi connectivity index (χ1n) is 6.41. The minimum absolute atomic E-state index is 0.158. The van der Waals surface area contributed by atoms with Crippen LogP contribution in [0.1, 0.15) is 27.2 Å². The third-order valence-corrected chi connectivity index (χ3v) is 4.18. The molecule has 0 aliphatic heterocycles. The molecule has 1 aromatic rings. The van der Waals surface area contributed by atoms with Crippen LogP contribution in [0.5, 0.6) is 0 Å². The molecule has 1 aromatic heterocycles. The van der Waals surface area contributed by atoms with Gasteiger partial charge in [-0.05, 0) is 38.9 Å². The highest BCUT2D eigenvalue weighted by atomic mass is 32.2. The maximum absolute atomic E-state index is 5.60. The van der Waals surface area contributed by atoms with Crippen LogP contribution in [0.4, 0.5) is 0 Å². The van der Waals surface area contributed by atoms with Crippen LogP contribution < -0.4 is 5.32 Å². The maximum atomic E-state index is 5.60. The number of rotatable bonds is 8. The van der Waals surface area contributed by atoms with Gasteiger partial charge in [0.25, 0.3) is 0 Å². The summed E-state index contributed by atoms with van der Waals surface area (Å²) in [7, 11) is 1.78. The molecule has 0 aromatic carbocycles. The Kier molecular flexibility index (Phi) is 6.68. The van der Waals surface area contributed by atoms with Gasteiger partial charge in [0, 0.05) is 36.2 Å². The van der Waals surface area contributed by atoms with E-state index in [-0.39, 0.29) is 5.60 Å². The lowest BCUT2D eigenvalue weighted by atomic mass is 10.0. The topological polar surface area (TPSA) is 34.2 Å². The molecule has 0 saturated heterocycles. The Bertz CT molecular complexity index is 330. The van der Waals surface area contributed by atoms with Crippen molar-refractivity contribution in [2.45, 2.75) is 43.7 Å². The van der Waals surface area contributed by atoms with E-state index < -0.39 is 0 Å². The van der Waals surface area contributed by atoms with Gasteiger partial charge < -0.3 is 10.1 Å². The van der Waals surface area contributed by atoms with Crippen LogP contribution in [-0.4, -0.2) is 36.0 Å². The number of pyridine rings is 1. The molecule has 0 aliphatic rings. The first kappa shape index (κ1) is 15.5. The molecular weight excluding hydrogens is 244 g/mol. The summed E-state index contributed by atoms with van der Waals surface area (Å²) in [6, 6.07) is 4.42. The van der Waals surface area contributed by atoms with Gasteiger partial charge in [-0.15, -0.1) is 11.8 Å². The number of thioether (sulfide) groups is 1. The highest BCUT2D eigenvalue weighted by molar-refractivity contribution is 7.99. The first-order valence-corrected chi connectivity index (χ1v) is 7.40. The van der Waals surface area contributed by atoms with Crippen LogP contribution in [-0.2, 0) is 4.74 Å². The summed E-state index contributed by atoms with van der Waals surface area (Å²) < 4.78 is 5.60. The Morgan fingerprint density at radius 3 is 2.61 bits per heavy atom. The predicted molar refractivity (Wildman–Crippen MR) is 78.1 cm³/mol. The smallest absolute Gasteiger partial charge is 0.0783 e. The third kappa shape index (κ3) is 4.96. The number of ether oxygens (including phenoxy) is 1. The van der Waals surface area contributed by atoms with Crippen molar-refractivity contribution in [3.8, 4) is 0 Å². The van der Waals surface area contributed by atoms with Crippen molar-refractivity contribution in [2.24, 2.45) is 0 Å². The minimum Gasteiger partial charge on any atom is -0.377 e. The lowest BCUT2D eigenvalue weighted by Crippen LogP contribution is -2.50. The average molecular weight is 268 g/mol. The van der Waals surface area contributed by atoms with Crippen molar-refractivity contribution >= 4 is 11.8 Å². The monoisotopic (exact) mass is 268 g/mol. The van der Waals surface area contributed by atoms with E-state index in [1.165, 1.54) is 4.90 Å². The van der Waals surface area contributed by atoms with Gasteiger partial charge in [-0.2, -0.15) is 0 Å². The number of nitrogens with one attached hydrogen (secondary N) is 1. The van der Waals surface area contributed by atoms with Crippen LogP contribution >= 0.6 is 11.8 Å². The van der Waals surface area contributed by atoms with Crippen molar-refractivity contribution in [1.82, 2.24) is 10.3 Å². The summed E-state index contributed by atoms with van der Waals surface area (Å²) in [5.41, 5.74) is -0.158. The number of nitrogens with zero attached hydrogens (tertiary/aromatic N) is 1. The van der Waals surface area contributed by atoms with Gasteiger partial charge in [0.2, 0.25) is 0 Å². The summed E-state index contributed by atoms with van der Waals surface area (Å²) in [5.74, 6) is 0.991. The largest absolute Gasteiger partial charge is 0.377 e. The lowest BCUT2D eigenvalue weighted by molar-refractivity contribution is -0.00345. The van der Waals surface area contributed by atoms with Gasteiger partial charge in [0.15, 0.2) is 0 Å². The fourth-order valence-corrected chi connectivity index (χ4v) is 2.77. The molecule has 1 N–H and O–H groups in total. The maximum Gasteiger partial charge on any atom is 0.0783 e. The molecule has 18 heavy (non-hydrogen) atoms. The number of hydrogen-bond acceptors (Lipinski definition) is 4. The van der Waals surface area contributed by atoms with Crippen molar-refractivity contribution < 1.29 is 4.74 Å². The Morgan fingerprint density at radius 1 is 1.39 bits per heavy atom. The van der Waals surface area contributed by atoms with Gasteiger partial charge in [0.1, 0.15) is 0 Å². The van der Waals surface area contributed by atoms with E-state index in [0.717, 1.165) is 18.7 Å². The average Bonchev–Trinajstić information content (AvgIpc) is 2.39. The van der Waals surface area contributed by atoms with Crippen LogP contribution in [0.15, 0.2) is 29.4 Å². The molecule has 0 saturated carbocycles. The molecule has 0 aliphatic carbocycles. The van der Waals surface area contributed by atoms with E-state index in [9.17, 15) is 0 Å². The van der Waals surface area contributed by atoms with E-state index in [1.54, 1.807) is 7.11 Å². The molecule has 102 valence electrons. The Morgan fingerprint density at radius 2 is 2.06 bits per heavy atom. The summed E-state index contributed by atoms with van der Waals surface area (Å²) in [4.78, 5) is 5.28. The van der Waals surface area contributed by atoms with Crippen LogP contribution in [0.3, 0.4) is 0 Å². The number of hydrogen-bond donors (Lipinski definition) is 1. The van der Waals surface area contributed by atoms with E-state index in [1.807, 2.05) is 36.3 Å². The SMILES string of the molecule is CCCNC(CSc1ccncc1)C(C)(C)OC. The Balaban J connectivity index is 2.56. The van der Waals surface area contributed by atoms with E-state index >= 15 is 0 Å². The molecule has 0 spiro atoms. The van der Waals surface area contributed by atoms with Crippen molar-refractivity contribution in [1.29, 1.82) is 0 Å². The summed E-state index contributed by atoms with van der Waals surface area (Å²) in [6.45, 7) is 7.47. The molecule has 1 rings (SSSR count). The fourth-order valence-electron chi connectivity index (χ4n) is 1.58. The second-order valence-corrected chi connectivity index (χ2v) is 5.90. The Hall–Kier alpha value is -0.580. The minimum atomic E-state index is -0.158. The molecule has 0 amide bonds. The predicted octanol–water partition coefficient (Wildman–Crippen LogP) is 2.97. The van der Waals surface area contributed by atoms with Crippen molar-refractivity contribution in [2.75, 3.05) is 19.4 Å². The quantitative estimate of drug-likeness (QED) is 0.735. The summed E-state index contributed by atoms with van der Waals surface area (Å²) in [5, 5.41) is 3.57. The van der Waals surface area contributed by atoms with Crippen molar-refractivity contribution in [3.63, 3.8) is 0 Å². The molecule has 3 nitrogen and oxygen atoms in total. The third-order valence-electron chi connectivity index (χ3n) is 3.07. The van der Waals surface area contributed by atoms with Crippen molar-refractivity contribution in [3.05, 3.63) is 24.5 Å². The summed E-state index contributed by atoms with van der Waals surface area (Å²) >= 11 is 1.84. The zero-order valence-electron chi connectivity index (χ0n) is 11.8. The molecule has 4 heteroatoms. The van der Waals surface area contributed by atoms with Crippen LogP contribution in [0.25, 0.3) is 0 Å². The highest BCUT2D eigenvalue weighted by Gasteiger charge is 2.28. The van der Waals surface area contributed by atoms with Gasteiger partial charge in [-0.3, -0.25) is 4.98 Å². The zero-order valence-corrected chi connectivity index (χ0v) is 12.6. The molecule has 0 radical (unpaired) electrons. The van der Waals surface area contributed by atoms with Gasteiger partial charge in [0.05, 0.1) is 5.60 Å². The van der Waals surface area contributed by atoms with Gasteiger partial charge >= 0.3 is 0 Å². The number of methoxy groups -OCH3 is 1. The molecule has 1 unspecified atom stereocenters. The molecule has 1 heterocycles. The van der Waals surface area contributed by atoms with E-state index in [2.05, 4.69) is 31.1 Å². The van der Waals surface area contributed by atoms with E-state index in [4.69, 9.17) is 4.74 Å². The Labute approximate surface area is 115 Å². The molecular formula is C14H24N2OS. The zero-order chi connectivity index (χ0) is 13.4. The molecule has 0 fully saturated rings. The second kappa shape index (κ2) is 7.77. The normalized spacial score (nSPS) is 13.6. The van der Waals surface area contributed by atoms with Gasteiger partial charge in [-0.1, -0.05) is 6.92 Å². The molecule has 1 atom stereocenters. The first-order chi connectivity index (χ1) is 8.60. The van der Waals surface area contributed by atoms with Crippen LogP contribution in [0.2, 0.25) is 0 Å². The number of aromatic nitrogens is 1. The second-order valence-electron chi connectivity index (χ2n) is 4.81. The molecule has 0 bridgehead atoms. The van der Waals surface area contributed by atoms with Gasteiger partial charge in [-0.25, -0.2) is 0 Å². The fraction of sp³-hybridized carbons (Fsp3) is 0.643. The van der Waals surface area contributed by atoms with Crippen LogP contribution in [0, 0.1) is 0 Å². The van der Waals surface area contributed by atoms with E-state index in [0.29, 0.717) is 6.04 Å². The lowest BCUT2D eigenvalue weighted by Gasteiger charge is -2.33. The standard InChI is InChI=1S/C14H24N2OS/c1-5-8-16-13(14(2,3)17-4)11-18-12-6-9-15-10-7-12/h6-7,9-10,13,16H,5,8,11H2,1-4H3.